The number of carbonyl (C=O) groups excluding carboxylic acids is 2. The second kappa shape index (κ2) is 24.5. The predicted molar refractivity (Wildman–Crippen MR) is 278 cm³/mol. The molecule has 0 spiro atoms. The average Bonchev–Trinajstić information content (AvgIpc) is 3.56. The van der Waals surface area contributed by atoms with Crippen LogP contribution in [0, 0.1) is 0 Å². The van der Waals surface area contributed by atoms with Crippen LogP contribution in [-0.2, 0) is 28.5 Å². The number of benzene rings is 4. The maximum atomic E-state index is 13.5. The highest BCUT2D eigenvalue weighted by molar-refractivity contribution is 5.96. The average molecular weight is 1170 g/mol. The van der Waals surface area contributed by atoms with Crippen molar-refractivity contribution in [2.45, 2.75) is 86.8 Å². The fourth-order valence-corrected chi connectivity index (χ4v) is 9.20. The van der Waals surface area contributed by atoms with Gasteiger partial charge < -0.3 is 122 Å². The number of phenolic OH excluding ortho intramolecular Hbond substituents is 4. The van der Waals surface area contributed by atoms with Gasteiger partial charge in [-0.3, -0.25) is 19.2 Å². The smallest absolute Gasteiger partial charge is 0.308 e. The van der Waals surface area contributed by atoms with E-state index in [2.05, 4.69) is 0 Å². The van der Waals surface area contributed by atoms with Gasteiger partial charge in [0.15, 0.2) is 56.5 Å². The Morgan fingerprint density at radius 1 is 0.494 bits per heavy atom. The first-order chi connectivity index (χ1) is 39.4. The molecule has 2 saturated heterocycles. The number of hydrogen-bond acceptors (Lipinski definition) is 29. The van der Waals surface area contributed by atoms with Gasteiger partial charge in [0.05, 0.1) is 61.1 Å². The van der Waals surface area contributed by atoms with Gasteiger partial charge in [0.1, 0.15) is 84.3 Å². The second-order valence-corrected chi connectivity index (χ2v) is 19.1. The van der Waals surface area contributed by atoms with E-state index in [0.29, 0.717) is 0 Å². The standard InChI is InChI=1S/C54H58O29/c1-54(69,16-32(58)76-18-30-36(60)40(64)42(66)52(81-30)80-25-11-9-21(13-29(25)71-3)27-14-23(56)34-38(62)47(72-4)44(68)49(74-6)45(34)78-27)17-33(59)77-19-31-37(61)41(65)43(67)53(82-31)83-51-48(73-5)39(63)35-24(57)15-26(79-46(35)50(51)75-7)20-8-10-22(55)28(12-20)70-2/h8-15,30-31,36-37,40-43,52-53,55,60-69H,16-19H2,1-7H3/t30-,31+,36+,37+,40-,41-,42-,43+,52+,53-,54+/m0/s1. The Labute approximate surface area is 467 Å². The lowest BCUT2D eigenvalue weighted by Gasteiger charge is -2.40. The third kappa shape index (κ3) is 11.9. The van der Waals surface area contributed by atoms with E-state index in [9.17, 15) is 75.3 Å². The molecule has 0 amide bonds. The Kier molecular flexibility index (Phi) is 17.9. The molecule has 11 atom stereocenters. The molecule has 2 aliphatic heterocycles. The zero-order valence-corrected chi connectivity index (χ0v) is 45.0. The Balaban J connectivity index is 0.888. The molecular formula is C54H58O29. The minimum absolute atomic E-state index is 0.0382. The fourth-order valence-electron chi connectivity index (χ4n) is 9.20. The van der Waals surface area contributed by atoms with Crippen molar-refractivity contribution in [3.63, 3.8) is 0 Å². The highest BCUT2D eigenvalue weighted by Gasteiger charge is 2.48. The minimum atomic E-state index is -2.19. The molecule has 0 aliphatic carbocycles. The molecule has 29 nitrogen and oxygen atoms in total. The van der Waals surface area contributed by atoms with Gasteiger partial charge in [-0.1, -0.05) is 0 Å². The summed E-state index contributed by atoms with van der Waals surface area (Å²) in [5, 5.41) is 118. The first-order valence-corrected chi connectivity index (χ1v) is 24.8. The molecule has 29 heteroatoms. The molecule has 0 unspecified atom stereocenters. The van der Waals surface area contributed by atoms with Crippen LogP contribution >= 0.6 is 0 Å². The van der Waals surface area contributed by atoms with Crippen LogP contribution in [0.5, 0.6) is 69.0 Å². The number of fused-ring (bicyclic) bond motifs is 2. The van der Waals surface area contributed by atoms with Crippen LogP contribution in [0.15, 0.2) is 67.0 Å². The SMILES string of the molecule is COc1cc(-c2cc(=O)c3c(O)c(OC)c(O[C@@H]4O[C@H](COC(=O)C[C@](C)(O)CC(=O)OC[C@@H]5O[C@@H](Oc6ccc(-c7cc(=O)c8c(O)c(OC)c(O)c(OC)c8o7)cc6OC)[C@@H](O)[C@@H](O)[C@@H]5O)[C@@H](O)[C@H](O)[C@H]4O)c(OC)c3o2)ccc1O. The van der Waals surface area contributed by atoms with Crippen molar-refractivity contribution < 1.29 is 131 Å². The lowest BCUT2D eigenvalue weighted by molar-refractivity contribution is -0.279. The summed E-state index contributed by atoms with van der Waals surface area (Å²) in [7, 11) is 7.14. The largest absolute Gasteiger partial charge is 0.504 e. The maximum absolute atomic E-state index is 13.5. The zero-order valence-electron chi connectivity index (χ0n) is 45.0. The van der Waals surface area contributed by atoms with Crippen LogP contribution < -0.4 is 48.8 Å². The van der Waals surface area contributed by atoms with Crippen molar-refractivity contribution in [2.75, 3.05) is 55.9 Å². The number of phenols is 4. The third-order valence-electron chi connectivity index (χ3n) is 13.5. The molecule has 6 aromatic rings. The van der Waals surface area contributed by atoms with Crippen LogP contribution in [-0.4, -0.2) is 191 Å². The van der Waals surface area contributed by atoms with Crippen molar-refractivity contribution in [2.24, 2.45) is 0 Å². The summed E-state index contributed by atoms with van der Waals surface area (Å²) in [6, 6.07) is 10.2. The number of aliphatic hydroxyl groups is 7. The summed E-state index contributed by atoms with van der Waals surface area (Å²) >= 11 is 0. The number of esters is 2. The Morgan fingerprint density at radius 3 is 1.42 bits per heavy atom. The van der Waals surface area contributed by atoms with Gasteiger partial charge in [-0.15, -0.1) is 0 Å². The van der Waals surface area contributed by atoms with Gasteiger partial charge in [-0.2, -0.15) is 0 Å². The van der Waals surface area contributed by atoms with Gasteiger partial charge in [-0.05, 0) is 43.3 Å². The number of rotatable bonds is 20. The summed E-state index contributed by atoms with van der Waals surface area (Å²) < 4.78 is 77.3. The summed E-state index contributed by atoms with van der Waals surface area (Å²) in [5.74, 6) is -7.12. The van der Waals surface area contributed by atoms with E-state index in [1.807, 2.05) is 0 Å². The lowest BCUT2D eigenvalue weighted by atomic mass is 9.97. The molecule has 0 radical (unpaired) electrons. The maximum Gasteiger partial charge on any atom is 0.308 e. The molecule has 2 aliphatic rings. The summed E-state index contributed by atoms with van der Waals surface area (Å²) in [4.78, 5) is 52.9. The number of aromatic hydroxyl groups is 4. The van der Waals surface area contributed by atoms with E-state index >= 15 is 0 Å². The van der Waals surface area contributed by atoms with Gasteiger partial charge in [0.25, 0.3) is 0 Å². The van der Waals surface area contributed by atoms with Gasteiger partial charge in [-0.25, -0.2) is 0 Å². The van der Waals surface area contributed by atoms with E-state index in [1.165, 1.54) is 57.7 Å². The van der Waals surface area contributed by atoms with Gasteiger partial charge in [0, 0.05) is 23.3 Å². The highest BCUT2D eigenvalue weighted by atomic mass is 16.7. The van der Waals surface area contributed by atoms with Crippen LogP contribution in [0.4, 0.5) is 0 Å². The molecule has 0 saturated carbocycles. The van der Waals surface area contributed by atoms with Crippen LogP contribution in [0.1, 0.15) is 19.8 Å². The molecule has 2 aromatic heterocycles. The van der Waals surface area contributed by atoms with Crippen molar-refractivity contribution in [3.8, 4) is 91.6 Å². The number of aliphatic hydroxyl groups excluding tert-OH is 6. The Morgan fingerprint density at radius 2 is 0.940 bits per heavy atom. The molecule has 11 N–H and O–H groups in total. The van der Waals surface area contributed by atoms with E-state index in [4.69, 9.17) is 65.7 Å². The van der Waals surface area contributed by atoms with Crippen molar-refractivity contribution in [1.82, 2.24) is 0 Å². The molecule has 0 bridgehead atoms. The van der Waals surface area contributed by atoms with E-state index < -0.39 is 156 Å². The molecule has 4 aromatic carbocycles. The molecule has 83 heavy (non-hydrogen) atoms. The van der Waals surface area contributed by atoms with Gasteiger partial charge >= 0.3 is 11.9 Å². The summed E-state index contributed by atoms with van der Waals surface area (Å²) in [5.41, 5.74) is -3.97. The molecule has 448 valence electrons. The first kappa shape index (κ1) is 60.6. The summed E-state index contributed by atoms with van der Waals surface area (Å²) in [6.07, 6.45) is -20.4. The Bertz CT molecular complexity index is 3520. The van der Waals surface area contributed by atoms with Crippen LogP contribution in [0.3, 0.4) is 0 Å². The number of methoxy groups -OCH3 is 6. The van der Waals surface area contributed by atoms with Crippen LogP contribution in [0.25, 0.3) is 44.6 Å². The molecule has 4 heterocycles. The van der Waals surface area contributed by atoms with Crippen molar-refractivity contribution in [3.05, 3.63) is 69.0 Å². The monoisotopic (exact) mass is 1170 g/mol. The van der Waals surface area contributed by atoms with Crippen molar-refractivity contribution in [1.29, 1.82) is 0 Å². The quantitative estimate of drug-likeness (QED) is 0.0471. The van der Waals surface area contributed by atoms with E-state index in [0.717, 1.165) is 40.4 Å². The topological polar surface area (TPSA) is 428 Å². The molecule has 8 rings (SSSR count). The van der Waals surface area contributed by atoms with E-state index in [1.54, 1.807) is 0 Å². The lowest BCUT2D eigenvalue weighted by Crippen LogP contribution is -2.60. The van der Waals surface area contributed by atoms with Crippen molar-refractivity contribution >= 4 is 33.9 Å². The third-order valence-corrected chi connectivity index (χ3v) is 13.5. The summed E-state index contributed by atoms with van der Waals surface area (Å²) in [6.45, 7) is -0.575. The number of carbonyl (C=O) groups is 2. The Hall–Kier alpha value is -8.52. The molecule has 2 fully saturated rings. The first-order valence-electron chi connectivity index (χ1n) is 24.8. The predicted octanol–water partition coefficient (Wildman–Crippen LogP) is 0.798. The highest BCUT2D eigenvalue weighted by Crippen LogP contribution is 2.52. The second-order valence-electron chi connectivity index (χ2n) is 19.1. The van der Waals surface area contributed by atoms with Crippen LogP contribution in [0.2, 0.25) is 0 Å². The van der Waals surface area contributed by atoms with Gasteiger partial charge in [0.2, 0.25) is 47.1 Å². The zero-order chi connectivity index (χ0) is 60.5. The fraction of sp³-hybridized carbons (Fsp3) is 0.407. The van der Waals surface area contributed by atoms with E-state index in [-0.39, 0.29) is 73.7 Å². The number of hydrogen-bond donors (Lipinski definition) is 11. The minimum Gasteiger partial charge on any atom is -0.504 e. The molecular weight excluding hydrogens is 1110 g/mol. The number of ether oxygens (including phenoxy) is 12. The normalized spacial score (nSPS) is 23.2.